The number of hydrogen-bond acceptors (Lipinski definition) is 5. The standard InChI is InChI=1S/C29H34BN3O4/c1-6-33-18-20(16-32-33)15-21(30-36-28(2,3)29(4,5)37-30)17-31-27(34)35-19-26-24-13-9-7-11-22(24)23-12-8-10-14-25(23)26/h7-16,18,26H,6,17,19H2,1-5H3,(H,31,34). The summed E-state index contributed by atoms with van der Waals surface area (Å²) in [5.41, 5.74) is 5.49. The van der Waals surface area contributed by atoms with Gasteiger partial charge in [-0.1, -0.05) is 54.6 Å². The Kier molecular flexibility index (Phi) is 6.73. The lowest BCUT2D eigenvalue weighted by molar-refractivity contribution is 0.00578. The number of fused-ring (bicyclic) bond motifs is 3. The Morgan fingerprint density at radius 2 is 1.65 bits per heavy atom. The quantitative estimate of drug-likeness (QED) is 0.438. The van der Waals surface area contributed by atoms with Gasteiger partial charge in [-0.05, 0) is 62.3 Å². The van der Waals surface area contributed by atoms with Crippen molar-refractivity contribution in [2.75, 3.05) is 13.2 Å². The molecule has 7 nitrogen and oxygen atoms in total. The summed E-state index contributed by atoms with van der Waals surface area (Å²) < 4.78 is 20.1. The summed E-state index contributed by atoms with van der Waals surface area (Å²) in [5, 5.41) is 7.27. The van der Waals surface area contributed by atoms with Crippen LogP contribution < -0.4 is 5.32 Å². The lowest BCUT2D eigenvalue weighted by Crippen LogP contribution is -2.41. The average molecular weight is 499 g/mol. The number of rotatable bonds is 7. The third-order valence-corrected chi connectivity index (χ3v) is 7.67. The van der Waals surface area contributed by atoms with Crippen LogP contribution in [0.5, 0.6) is 0 Å². The van der Waals surface area contributed by atoms with Gasteiger partial charge < -0.3 is 19.4 Å². The van der Waals surface area contributed by atoms with Crippen molar-refractivity contribution in [1.82, 2.24) is 15.1 Å². The van der Waals surface area contributed by atoms with Crippen LogP contribution in [-0.4, -0.2) is 47.3 Å². The van der Waals surface area contributed by atoms with E-state index in [4.69, 9.17) is 14.0 Å². The fraction of sp³-hybridized carbons (Fsp3) is 0.379. The molecule has 37 heavy (non-hydrogen) atoms. The number of aromatic nitrogens is 2. The van der Waals surface area contributed by atoms with E-state index < -0.39 is 24.4 Å². The second kappa shape index (κ2) is 9.84. The highest BCUT2D eigenvalue weighted by Crippen LogP contribution is 2.44. The molecule has 0 bridgehead atoms. The van der Waals surface area contributed by atoms with Crippen molar-refractivity contribution >= 4 is 19.3 Å². The Labute approximate surface area is 219 Å². The SMILES string of the molecule is CCn1cc(C=C(CNC(=O)OCC2c3ccccc3-c3ccccc32)B2OC(C)(C)C(C)(C)O2)cn1. The Bertz CT molecular complexity index is 1270. The Morgan fingerprint density at radius 1 is 1.05 bits per heavy atom. The van der Waals surface area contributed by atoms with Gasteiger partial charge in [0.25, 0.3) is 0 Å². The van der Waals surface area contributed by atoms with Crippen LogP contribution in [0.15, 0.2) is 66.4 Å². The summed E-state index contributed by atoms with van der Waals surface area (Å²) >= 11 is 0. The maximum atomic E-state index is 12.8. The molecule has 3 aromatic rings. The van der Waals surface area contributed by atoms with Gasteiger partial charge in [-0.15, -0.1) is 0 Å². The number of amides is 1. The van der Waals surface area contributed by atoms with E-state index in [2.05, 4.69) is 34.7 Å². The van der Waals surface area contributed by atoms with E-state index in [9.17, 15) is 4.79 Å². The number of ether oxygens (including phenoxy) is 1. The molecule has 1 fully saturated rings. The smallest absolute Gasteiger partial charge is 0.449 e. The monoisotopic (exact) mass is 499 g/mol. The first-order valence-corrected chi connectivity index (χ1v) is 12.9. The second-order valence-corrected chi connectivity index (χ2v) is 10.6. The average Bonchev–Trinajstić information content (AvgIpc) is 3.52. The van der Waals surface area contributed by atoms with Crippen LogP contribution >= 0.6 is 0 Å². The molecule has 0 atom stereocenters. The molecular weight excluding hydrogens is 465 g/mol. The molecule has 1 N–H and O–H groups in total. The minimum absolute atomic E-state index is 0.0103. The molecule has 1 amide bonds. The summed E-state index contributed by atoms with van der Waals surface area (Å²) in [7, 11) is -0.594. The second-order valence-electron chi connectivity index (χ2n) is 10.6. The summed E-state index contributed by atoms with van der Waals surface area (Å²) in [5.74, 6) is 0.0103. The zero-order valence-corrected chi connectivity index (χ0v) is 22.2. The molecule has 1 aliphatic heterocycles. The molecule has 0 saturated carbocycles. The Morgan fingerprint density at radius 3 is 2.22 bits per heavy atom. The van der Waals surface area contributed by atoms with E-state index in [-0.39, 0.29) is 19.1 Å². The molecule has 1 aromatic heterocycles. The van der Waals surface area contributed by atoms with Crippen LogP contribution in [0.4, 0.5) is 4.79 Å². The number of hydrogen-bond donors (Lipinski definition) is 1. The van der Waals surface area contributed by atoms with Crippen LogP contribution in [-0.2, 0) is 20.6 Å². The minimum Gasteiger partial charge on any atom is -0.449 e. The van der Waals surface area contributed by atoms with E-state index >= 15 is 0 Å². The summed E-state index contributed by atoms with van der Waals surface area (Å²) in [4.78, 5) is 12.8. The highest BCUT2D eigenvalue weighted by molar-refractivity contribution is 6.56. The van der Waals surface area contributed by atoms with E-state index in [0.29, 0.717) is 0 Å². The maximum Gasteiger partial charge on any atom is 0.492 e. The topological polar surface area (TPSA) is 74.6 Å². The van der Waals surface area contributed by atoms with Crippen LogP contribution in [0.1, 0.15) is 57.2 Å². The van der Waals surface area contributed by atoms with Gasteiger partial charge >= 0.3 is 13.2 Å². The highest BCUT2D eigenvalue weighted by Gasteiger charge is 2.52. The fourth-order valence-electron chi connectivity index (χ4n) is 4.86. The van der Waals surface area contributed by atoms with E-state index in [1.165, 1.54) is 22.3 Å². The molecule has 0 spiro atoms. The van der Waals surface area contributed by atoms with Gasteiger partial charge in [0.05, 0.1) is 17.4 Å². The Hall–Kier alpha value is -3.36. The molecule has 0 unspecified atom stereocenters. The molecule has 2 aromatic carbocycles. The molecule has 2 aliphatic rings. The predicted octanol–water partition coefficient (Wildman–Crippen LogP) is 5.46. The van der Waals surface area contributed by atoms with Crippen LogP contribution in [0.25, 0.3) is 17.2 Å². The van der Waals surface area contributed by atoms with Crippen molar-refractivity contribution in [2.24, 2.45) is 0 Å². The molecule has 1 aliphatic carbocycles. The molecule has 8 heteroatoms. The number of nitrogens with zero attached hydrogens (tertiary/aromatic N) is 2. The van der Waals surface area contributed by atoms with Crippen LogP contribution in [0.2, 0.25) is 0 Å². The van der Waals surface area contributed by atoms with Crippen molar-refractivity contribution in [3.8, 4) is 11.1 Å². The van der Waals surface area contributed by atoms with Crippen LogP contribution in [0.3, 0.4) is 0 Å². The first-order chi connectivity index (χ1) is 17.7. The van der Waals surface area contributed by atoms with Crippen molar-refractivity contribution in [3.05, 3.63) is 83.1 Å². The third kappa shape index (κ3) is 4.96. The zero-order valence-electron chi connectivity index (χ0n) is 22.2. The van der Waals surface area contributed by atoms with Crippen molar-refractivity contribution in [1.29, 1.82) is 0 Å². The molecule has 1 saturated heterocycles. The van der Waals surface area contributed by atoms with E-state index in [0.717, 1.165) is 17.6 Å². The first-order valence-electron chi connectivity index (χ1n) is 12.9. The van der Waals surface area contributed by atoms with Gasteiger partial charge in [-0.2, -0.15) is 5.10 Å². The number of alkyl carbamates (subject to hydrolysis) is 1. The summed E-state index contributed by atoms with van der Waals surface area (Å²) in [6.07, 6.45) is 5.24. The maximum absolute atomic E-state index is 12.8. The molecule has 192 valence electrons. The lowest BCUT2D eigenvalue weighted by atomic mass is 9.77. The number of benzene rings is 2. The van der Waals surface area contributed by atoms with Gasteiger partial charge in [-0.3, -0.25) is 4.68 Å². The number of nitrogens with one attached hydrogen (secondary N) is 1. The number of carbonyl (C=O) groups is 1. The van der Waals surface area contributed by atoms with Gasteiger partial charge in [0, 0.05) is 30.8 Å². The largest absolute Gasteiger partial charge is 0.492 e. The van der Waals surface area contributed by atoms with Gasteiger partial charge in [-0.25, -0.2) is 4.79 Å². The van der Waals surface area contributed by atoms with Gasteiger partial charge in [0.1, 0.15) is 6.61 Å². The third-order valence-electron chi connectivity index (χ3n) is 7.67. The van der Waals surface area contributed by atoms with Crippen LogP contribution in [0, 0.1) is 0 Å². The number of aryl methyl sites for hydroxylation is 1. The summed E-state index contributed by atoms with van der Waals surface area (Å²) in [6.45, 7) is 11.4. The number of carbonyl (C=O) groups excluding carboxylic acids is 1. The zero-order chi connectivity index (χ0) is 26.2. The van der Waals surface area contributed by atoms with Crippen molar-refractivity contribution in [2.45, 2.75) is 58.3 Å². The highest BCUT2D eigenvalue weighted by atomic mass is 16.7. The first kappa shape index (κ1) is 25.3. The van der Waals surface area contributed by atoms with E-state index in [1.54, 1.807) is 6.20 Å². The van der Waals surface area contributed by atoms with Crippen molar-refractivity contribution in [3.63, 3.8) is 0 Å². The fourth-order valence-corrected chi connectivity index (χ4v) is 4.86. The van der Waals surface area contributed by atoms with E-state index in [1.807, 2.05) is 75.8 Å². The lowest BCUT2D eigenvalue weighted by Gasteiger charge is -2.32. The normalized spacial score (nSPS) is 18.0. The van der Waals surface area contributed by atoms with Gasteiger partial charge in [0.2, 0.25) is 0 Å². The van der Waals surface area contributed by atoms with Crippen molar-refractivity contribution < 1.29 is 18.8 Å². The minimum atomic E-state index is -0.594. The molecular formula is C29H34BN3O4. The van der Waals surface area contributed by atoms with Gasteiger partial charge in [0.15, 0.2) is 0 Å². The predicted molar refractivity (Wildman–Crippen MR) is 145 cm³/mol. The summed E-state index contributed by atoms with van der Waals surface area (Å²) in [6, 6.07) is 16.6. The molecule has 2 heterocycles. The molecule has 5 rings (SSSR count). The Balaban J connectivity index is 1.28. The molecule has 0 radical (unpaired) electrons.